The van der Waals surface area contributed by atoms with Gasteiger partial charge in [-0.3, -0.25) is 0 Å². The number of imidazole rings is 1. The van der Waals surface area contributed by atoms with Crippen LogP contribution in [0, 0.1) is 0 Å². The zero-order chi connectivity index (χ0) is 11.1. The van der Waals surface area contributed by atoms with Crippen LogP contribution in [0.25, 0.3) is 21.3 Å². The highest BCUT2D eigenvalue weighted by atomic mass is 79.9. The van der Waals surface area contributed by atoms with Gasteiger partial charge in [-0.05, 0) is 22.0 Å². The molecule has 0 aliphatic carbocycles. The first-order valence-corrected chi connectivity index (χ1v) is 6.58. The molecular weight excluding hydrogens is 284 g/mol. The molecule has 0 unspecified atom stereocenters. The number of aromatic nitrogens is 2. The summed E-state index contributed by atoms with van der Waals surface area (Å²) in [4.78, 5) is 4.43. The molecule has 0 spiro atoms. The molecule has 2 aromatic heterocycles. The summed E-state index contributed by atoms with van der Waals surface area (Å²) in [5, 5.41) is 3.43. The van der Waals surface area contributed by atoms with E-state index in [0.29, 0.717) is 0 Å². The van der Waals surface area contributed by atoms with Crippen LogP contribution in [0.15, 0.2) is 40.6 Å². The highest BCUT2D eigenvalue weighted by Crippen LogP contribution is 2.36. The van der Waals surface area contributed by atoms with Crippen LogP contribution in [0.4, 0.5) is 0 Å². The summed E-state index contributed by atoms with van der Waals surface area (Å²) in [6.45, 7) is 0. The zero-order valence-electron chi connectivity index (χ0n) is 8.64. The van der Waals surface area contributed by atoms with Crippen LogP contribution in [0.5, 0.6) is 0 Å². The summed E-state index contributed by atoms with van der Waals surface area (Å²) in [6, 6.07) is 8.41. The van der Waals surface area contributed by atoms with Gasteiger partial charge in [0.1, 0.15) is 10.3 Å². The van der Waals surface area contributed by atoms with E-state index in [1.165, 1.54) is 15.6 Å². The van der Waals surface area contributed by atoms with Crippen LogP contribution in [0.3, 0.4) is 0 Å². The first-order valence-electron chi connectivity index (χ1n) is 4.91. The summed E-state index contributed by atoms with van der Waals surface area (Å²) in [7, 11) is 1.98. The fraction of sp³-hybridized carbons (Fsp3) is 0.0833. The van der Waals surface area contributed by atoms with Crippen LogP contribution in [-0.4, -0.2) is 9.55 Å². The normalized spacial score (nSPS) is 11.1. The van der Waals surface area contributed by atoms with Gasteiger partial charge in [0.2, 0.25) is 0 Å². The first-order chi connectivity index (χ1) is 7.77. The van der Waals surface area contributed by atoms with E-state index in [2.05, 4.69) is 50.6 Å². The molecule has 0 amide bonds. The standard InChI is InChI=1S/C12H9BrN2S/c1-15-7-14-11(12(15)13)9-6-16-10-5-3-2-4-8(9)10/h2-7H,1H3. The first kappa shape index (κ1) is 10.1. The van der Waals surface area contributed by atoms with E-state index in [1.54, 1.807) is 11.3 Å². The third-order valence-electron chi connectivity index (χ3n) is 2.60. The number of hydrogen-bond acceptors (Lipinski definition) is 2. The van der Waals surface area contributed by atoms with Gasteiger partial charge >= 0.3 is 0 Å². The number of halogens is 1. The monoisotopic (exact) mass is 292 g/mol. The summed E-state index contributed by atoms with van der Waals surface area (Å²) in [5.74, 6) is 0. The van der Waals surface area contributed by atoms with Gasteiger partial charge in [-0.2, -0.15) is 0 Å². The second-order valence-corrected chi connectivity index (χ2v) is 5.30. The molecule has 0 fully saturated rings. The maximum absolute atomic E-state index is 4.43. The Labute approximate surface area is 106 Å². The number of benzene rings is 1. The Balaban J connectivity index is 2.30. The van der Waals surface area contributed by atoms with Gasteiger partial charge in [-0.25, -0.2) is 4.98 Å². The molecule has 0 saturated carbocycles. The minimum Gasteiger partial charge on any atom is -0.328 e. The minimum atomic E-state index is 1.01. The van der Waals surface area contributed by atoms with Crippen molar-refractivity contribution in [1.29, 1.82) is 0 Å². The quantitative estimate of drug-likeness (QED) is 0.661. The largest absolute Gasteiger partial charge is 0.328 e. The van der Waals surface area contributed by atoms with Gasteiger partial charge in [-0.1, -0.05) is 18.2 Å². The Morgan fingerprint density at radius 3 is 2.88 bits per heavy atom. The van der Waals surface area contributed by atoms with E-state index in [1.807, 2.05) is 17.9 Å². The Kier molecular flexibility index (Phi) is 2.33. The lowest BCUT2D eigenvalue weighted by Crippen LogP contribution is -1.83. The van der Waals surface area contributed by atoms with Crippen molar-refractivity contribution in [2.24, 2.45) is 7.05 Å². The van der Waals surface area contributed by atoms with Gasteiger partial charge in [0.05, 0.1) is 6.33 Å². The SMILES string of the molecule is Cn1cnc(-c2csc3ccccc23)c1Br. The molecule has 16 heavy (non-hydrogen) atoms. The van der Waals surface area contributed by atoms with Gasteiger partial charge in [0.15, 0.2) is 0 Å². The molecule has 0 atom stereocenters. The molecule has 4 heteroatoms. The van der Waals surface area contributed by atoms with Crippen LogP contribution in [0.1, 0.15) is 0 Å². The zero-order valence-corrected chi connectivity index (χ0v) is 11.0. The number of rotatable bonds is 1. The molecule has 0 aliphatic rings. The minimum absolute atomic E-state index is 1.01. The summed E-state index contributed by atoms with van der Waals surface area (Å²) in [6.07, 6.45) is 1.83. The van der Waals surface area contributed by atoms with E-state index in [4.69, 9.17) is 0 Å². The summed E-state index contributed by atoms with van der Waals surface area (Å²) < 4.78 is 4.30. The Morgan fingerprint density at radius 2 is 2.12 bits per heavy atom. The maximum atomic E-state index is 4.43. The van der Waals surface area contributed by atoms with Crippen molar-refractivity contribution in [3.8, 4) is 11.3 Å². The molecule has 0 aliphatic heterocycles. The summed E-state index contributed by atoms with van der Waals surface area (Å²) in [5.41, 5.74) is 2.22. The average Bonchev–Trinajstić information content (AvgIpc) is 2.85. The molecule has 80 valence electrons. The lowest BCUT2D eigenvalue weighted by atomic mass is 10.1. The lowest BCUT2D eigenvalue weighted by Gasteiger charge is -1.97. The second-order valence-electron chi connectivity index (χ2n) is 3.64. The van der Waals surface area contributed by atoms with Crippen molar-refractivity contribution in [2.45, 2.75) is 0 Å². The molecular formula is C12H9BrN2S. The molecule has 3 aromatic rings. The van der Waals surface area contributed by atoms with Gasteiger partial charge in [-0.15, -0.1) is 11.3 Å². The van der Waals surface area contributed by atoms with Crippen LogP contribution < -0.4 is 0 Å². The summed E-state index contributed by atoms with van der Waals surface area (Å²) >= 11 is 5.32. The lowest BCUT2D eigenvalue weighted by molar-refractivity contribution is 0.891. The fourth-order valence-corrected chi connectivity index (χ4v) is 3.11. The number of nitrogens with zero attached hydrogens (tertiary/aromatic N) is 2. The topological polar surface area (TPSA) is 17.8 Å². The molecule has 3 rings (SSSR count). The average molecular weight is 293 g/mol. The van der Waals surface area contributed by atoms with E-state index < -0.39 is 0 Å². The van der Waals surface area contributed by atoms with Gasteiger partial charge < -0.3 is 4.57 Å². The maximum Gasteiger partial charge on any atom is 0.112 e. The number of thiophene rings is 1. The molecule has 2 nitrogen and oxygen atoms in total. The fourth-order valence-electron chi connectivity index (χ4n) is 1.76. The Hall–Kier alpha value is -1.13. The van der Waals surface area contributed by atoms with E-state index >= 15 is 0 Å². The number of fused-ring (bicyclic) bond motifs is 1. The molecule has 2 heterocycles. The predicted molar refractivity (Wildman–Crippen MR) is 71.7 cm³/mol. The third kappa shape index (κ3) is 1.41. The van der Waals surface area contributed by atoms with Crippen LogP contribution in [0.2, 0.25) is 0 Å². The van der Waals surface area contributed by atoms with Gasteiger partial charge in [0.25, 0.3) is 0 Å². The number of aryl methyl sites for hydroxylation is 1. The van der Waals surface area contributed by atoms with Crippen molar-refractivity contribution >= 4 is 37.4 Å². The molecule has 1 aromatic carbocycles. The van der Waals surface area contributed by atoms with Crippen molar-refractivity contribution < 1.29 is 0 Å². The van der Waals surface area contributed by atoms with E-state index in [0.717, 1.165) is 10.3 Å². The Morgan fingerprint density at radius 1 is 1.31 bits per heavy atom. The Bertz CT molecular complexity index is 654. The predicted octanol–water partition coefficient (Wildman–Crippen LogP) is 4.06. The molecule has 0 radical (unpaired) electrons. The van der Waals surface area contributed by atoms with E-state index in [9.17, 15) is 0 Å². The van der Waals surface area contributed by atoms with Gasteiger partial charge in [0, 0.05) is 28.1 Å². The molecule has 0 bridgehead atoms. The highest BCUT2D eigenvalue weighted by molar-refractivity contribution is 9.10. The van der Waals surface area contributed by atoms with Crippen LogP contribution >= 0.6 is 27.3 Å². The van der Waals surface area contributed by atoms with Crippen molar-refractivity contribution in [3.63, 3.8) is 0 Å². The molecule has 0 N–H and O–H groups in total. The van der Waals surface area contributed by atoms with Crippen molar-refractivity contribution in [2.75, 3.05) is 0 Å². The second kappa shape index (κ2) is 3.71. The third-order valence-corrected chi connectivity index (χ3v) is 4.50. The van der Waals surface area contributed by atoms with E-state index in [-0.39, 0.29) is 0 Å². The molecule has 0 saturated heterocycles. The van der Waals surface area contributed by atoms with Crippen molar-refractivity contribution in [3.05, 3.63) is 40.6 Å². The smallest absolute Gasteiger partial charge is 0.112 e. The van der Waals surface area contributed by atoms with Crippen molar-refractivity contribution in [1.82, 2.24) is 9.55 Å². The number of hydrogen-bond donors (Lipinski definition) is 0. The van der Waals surface area contributed by atoms with Crippen LogP contribution in [-0.2, 0) is 7.05 Å². The highest BCUT2D eigenvalue weighted by Gasteiger charge is 2.12.